The van der Waals surface area contributed by atoms with Crippen molar-refractivity contribution >= 4 is 18.0 Å². The highest BCUT2D eigenvalue weighted by molar-refractivity contribution is 5.76. The number of carbonyl (C=O) groups excluding carboxylic acids is 2. The Morgan fingerprint density at radius 2 is 2.29 bits per heavy atom. The first kappa shape index (κ1) is 13.2. The fourth-order valence-corrected chi connectivity index (χ4v) is 1.55. The molecule has 0 aliphatic heterocycles. The Hall–Kier alpha value is -1.91. The van der Waals surface area contributed by atoms with Gasteiger partial charge < -0.3 is 10.2 Å². The second-order valence-electron chi connectivity index (χ2n) is 3.87. The SMILES string of the molecule is CNC(=O)CCN(C)c1ncc(C=O)cc1C. The van der Waals surface area contributed by atoms with E-state index in [9.17, 15) is 9.59 Å². The first-order valence-corrected chi connectivity index (χ1v) is 5.42. The van der Waals surface area contributed by atoms with E-state index in [1.54, 1.807) is 13.1 Å². The standard InChI is InChI=1S/C12H17N3O2/c1-9-6-10(8-16)7-14-12(9)15(3)5-4-11(17)13-2/h6-8H,4-5H2,1-3H3,(H,13,17). The molecule has 0 fully saturated rings. The molecule has 0 radical (unpaired) electrons. The average Bonchev–Trinajstić information content (AvgIpc) is 2.35. The number of carbonyl (C=O) groups is 2. The first-order valence-electron chi connectivity index (χ1n) is 5.42. The predicted molar refractivity (Wildman–Crippen MR) is 66.3 cm³/mol. The number of aldehydes is 1. The summed E-state index contributed by atoms with van der Waals surface area (Å²) in [6, 6.07) is 1.78. The zero-order valence-electron chi connectivity index (χ0n) is 10.4. The van der Waals surface area contributed by atoms with Gasteiger partial charge in [-0.15, -0.1) is 0 Å². The maximum atomic E-state index is 11.1. The molecule has 5 heteroatoms. The molecule has 0 aromatic carbocycles. The summed E-state index contributed by atoms with van der Waals surface area (Å²) < 4.78 is 0. The quantitative estimate of drug-likeness (QED) is 0.766. The van der Waals surface area contributed by atoms with Gasteiger partial charge in [-0.1, -0.05) is 0 Å². The van der Waals surface area contributed by atoms with Gasteiger partial charge in [-0.25, -0.2) is 4.98 Å². The summed E-state index contributed by atoms with van der Waals surface area (Å²) in [6.07, 6.45) is 2.73. The van der Waals surface area contributed by atoms with Crippen LogP contribution in [0.1, 0.15) is 22.3 Å². The highest BCUT2D eigenvalue weighted by atomic mass is 16.1. The second-order valence-corrected chi connectivity index (χ2v) is 3.87. The molecular weight excluding hydrogens is 218 g/mol. The molecule has 0 atom stereocenters. The maximum Gasteiger partial charge on any atom is 0.221 e. The van der Waals surface area contributed by atoms with Gasteiger partial charge in [0.25, 0.3) is 0 Å². The average molecular weight is 235 g/mol. The topological polar surface area (TPSA) is 62.3 Å². The molecule has 1 rings (SSSR count). The van der Waals surface area contributed by atoms with E-state index in [0.29, 0.717) is 18.5 Å². The lowest BCUT2D eigenvalue weighted by Gasteiger charge is -2.19. The third kappa shape index (κ3) is 3.55. The largest absolute Gasteiger partial charge is 0.359 e. The Balaban J connectivity index is 2.71. The predicted octanol–water partition coefficient (Wildman–Crippen LogP) is 0.775. The number of aryl methyl sites for hydroxylation is 1. The highest BCUT2D eigenvalue weighted by Gasteiger charge is 2.08. The molecule has 0 aliphatic rings. The van der Waals surface area contributed by atoms with Gasteiger partial charge in [0.1, 0.15) is 5.82 Å². The fourth-order valence-electron chi connectivity index (χ4n) is 1.55. The molecule has 0 saturated carbocycles. The van der Waals surface area contributed by atoms with Crippen molar-refractivity contribution in [2.75, 3.05) is 25.5 Å². The van der Waals surface area contributed by atoms with Crippen LogP contribution in [-0.2, 0) is 4.79 Å². The van der Waals surface area contributed by atoms with Gasteiger partial charge in [0, 0.05) is 38.8 Å². The lowest BCUT2D eigenvalue weighted by Crippen LogP contribution is -2.27. The number of rotatable bonds is 5. The van der Waals surface area contributed by atoms with E-state index in [-0.39, 0.29) is 5.91 Å². The number of nitrogens with zero attached hydrogens (tertiary/aromatic N) is 2. The van der Waals surface area contributed by atoms with Crippen LogP contribution < -0.4 is 10.2 Å². The van der Waals surface area contributed by atoms with Crippen LogP contribution in [0.25, 0.3) is 0 Å². The van der Waals surface area contributed by atoms with Crippen LogP contribution in [0.15, 0.2) is 12.3 Å². The number of hydrogen-bond donors (Lipinski definition) is 1. The van der Waals surface area contributed by atoms with Crippen molar-refractivity contribution in [1.29, 1.82) is 0 Å². The Morgan fingerprint density at radius 3 is 2.82 bits per heavy atom. The smallest absolute Gasteiger partial charge is 0.221 e. The number of amides is 1. The molecule has 1 aromatic heterocycles. The molecule has 0 aliphatic carbocycles. The molecule has 1 aromatic rings. The van der Waals surface area contributed by atoms with Crippen LogP contribution in [0, 0.1) is 6.92 Å². The Bertz CT molecular complexity index is 418. The van der Waals surface area contributed by atoms with E-state index in [1.807, 2.05) is 18.9 Å². The molecule has 5 nitrogen and oxygen atoms in total. The molecule has 1 amide bonds. The van der Waals surface area contributed by atoms with Crippen molar-refractivity contribution < 1.29 is 9.59 Å². The molecule has 1 N–H and O–H groups in total. The van der Waals surface area contributed by atoms with Gasteiger partial charge in [0.15, 0.2) is 6.29 Å². The minimum atomic E-state index is -0.000912. The van der Waals surface area contributed by atoms with Crippen molar-refractivity contribution in [2.24, 2.45) is 0 Å². The minimum Gasteiger partial charge on any atom is -0.359 e. The van der Waals surface area contributed by atoms with E-state index in [1.165, 1.54) is 6.20 Å². The minimum absolute atomic E-state index is 0.000912. The van der Waals surface area contributed by atoms with E-state index in [4.69, 9.17) is 0 Å². The fraction of sp³-hybridized carbons (Fsp3) is 0.417. The van der Waals surface area contributed by atoms with Crippen LogP contribution in [-0.4, -0.2) is 37.8 Å². The van der Waals surface area contributed by atoms with Crippen LogP contribution in [0.4, 0.5) is 5.82 Å². The molecule has 1 heterocycles. The molecule has 92 valence electrons. The van der Waals surface area contributed by atoms with Crippen molar-refractivity contribution in [3.8, 4) is 0 Å². The first-order chi connectivity index (χ1) is 8.08. The van der Waals surface area contributed by atoms with Gasteiger partial charge in [-0.2, -0.15) is 0 Å². The number of hydrogen-bond acceptors (Lipinski definition) is 4. The van der Waals surface area contributed by atoms with Crippen LogP contribution in [0.2, 0.25) is 0 Å². The molecular formula is C12H17N3O2. The van der Waals surface area contributed by atoms with Crippen LogP contribution in [0.3, 0.4) is 0 Å². The summed E-state index contributed by atoms with van der Waals surface area (Å²) in [5.41, 5.74) is 1.49. The van der Waals surface area contributed by atoms with Gasteiger partial charge in [-0.3, -0.25) is 9.59 Å². The van der Waals surface area contributed by atoms with Crippen LogP contribution in [0.5, 0.6) is 0 Å². The summed E-state index contributed by atoms with van der Waals surface area (Å²) in [5, 5.41) is 2.57. The van der Waals surface area contributed by atoms with Crippen LogP contribution >= 0.6 is 0 Å². The van der Waals surface area contributed by atoms with E-state index < -0.39 is 0 Å². The normalized spacial score (nSPS) is 9.82. The Labute approximate surface area is 101 Å². The summed E-state index contributed by atoms with van der Waals surface area (Å²) in [6.45, 7) is 2.49. The Morgan fingerprint density at radius 1 is 1.59 bits per heavy atom. The summed E-state index contributed by atoms with van der Waals surface area (Å²) >= 11 is 0. The molecule has 0 bridgehead atoms. The van der Waals surface area contributed by atoms with E-state index in [0.717, 1.165) is 17.7 Å². The van der Waals surface area contributed by atoms with Crippen molar-refractivity contribution in [3.05, 3.63) is 23.4 Å². The van der Waals surface area contributed by atoms with Crippen molar-refractivity contribution in [1.82, 2.24) is 10.3 Å². The molecule has 17 heavy (non-hydrogen) atoms. The zero-order chi connectivity index (χ0) is 12.8. The third-order valence-electron chi connectivity index (χ3n) is 2.52. The number of pyridine rings is 1. The Kier molecular flexibility index (Phi) is 4.63. The van der Waals surface area contributed by atoms with Gasteiger partial charge >= 0.3 is 0 Å². The van der Waals surface area contributed by atoms with Gasteiger partial charge in [0.2, 0.25) is 5.91 Å². The number of anilines is 1. The van der Waals surface area contributed by atoms with Crippen molar-refractivity contribution in [2.45, 2.75) is 13.3 Å². The van der Waals surface area contributed by atoms with Crippen molar-refractivity contribution in [3.63, 3.8) is 0 Å². The molecule has 0 unspecified atom stereocenters. The van der Waals surface area contributed by atoms with E-state index >= 15 is 0 Å². The summed E-state index contributed by atoms with van der Waals surface area (Å²) in [4.78, 5) is 27.8. The number of nitrogens with one attached hydrogen (secondary N) is 1. The maximum absolute atomic E-state index is 11.1. The third-order valence-corrected chi connectivity index (χ3v) is 2.52. The molecule has 0 spiro atoms. The molecule has 0 saturated heterocycles. The lowest BCUT2D eigenvalue weighted by atomic mass is 10.2. The second kappa shape index (κ2) is 5.98. The lowest BCUT2D eigenvalue weighted by molar-refractivity contribution is -0.120. The summed E-state index contributed by atoms with van der Waals surface area (Å²) in [5.74, 6) is 0.790. The van der Waals surface area contributed by atoms with Gasteiger partial charge in [0.05, 0.1) is 0 Å². The van der Waals surface area contributed by atoms with Gasteiger partial charge in [-0.05, 0) is 18.6 Å². The number of aromatic nitrogens is 1. The van der Waals surface area contributed by atoms with E-state index in [2.05, 4.69) is 10.3 Å². The monoisotopic (exact) mass is 235 g/mol. The summed E-state index contributed by atoms with van der Waals surface area (Å²) in [7, 11) is 3.49. The highest BCUT2D eigenvalue weighted by Crippen LogP contribution is 2.15. The zero-order valence-corrected chi connectivity index (χ0v) is 10.4.